The van der Waals surface area contributed by atoms with Crippen LogP contribution >= 0.6 is 0 Å². The molecule has 1 unspecified atom stereocenters. The lowest BCUT2D eigenvalue weighted by molar-refractivity contribution is -0.145. The highest BCUT2D eigenvalue weighted by atomic mass is 32.2. The van der Waals surface area contributed by atoms with Gasteiger partial charge in [-0.1, -0.05) is 18.2 Å². The summed E-state index contributed by atoms with van der Waals surface area (Å²) in [5.74, 6) is -2.28. The molecule has 0 bridgehead atoms. The topological polar surface area (TPSA) is 113 Å². The lowest BCUT2D eigenvalue weighted by Gasteiger charge is -2.27. The zero-order chi connectivity index (χ0) is 19.2. The first-order chi connectivity index (χ1) is 12.3. The average Bonchev–Trinajstić information content (AvgIpc) is 2.63. The SMILES string of the molecule is CN(CC(=O)NCC(C(=O)O)C1CCOCC1)S(=O)(=O)c1ccccc1. The van der Waals surface area contributed by atoms with E-state index in [2.05, 4.69) is 5.32 Å². The summed E-state index contributed by atoms with van der Waals surface area (Å²) in [5, 5.41) is 11.9. The molecule has 1 fully saturated rings. The maximum atomic E-state index is 12.4. The Balaban J connectivity index is 1.91. The Morgan fingerprint density at radius 1 is 1.27 bits per heavy atom. The minimum Gasteiger partial charge on any atom is -0.481 e. The largest absolute Gasteiger partial charge is 0.481 e. The lowest BCUT2D eigenvalue weighted by Crippen LogP contribution is -2.43. The molecular formula is C17H24N2O6S. The number of aliphatic carboxylic acids is 1. The number of hydrogen-bond donors (Lipinski definition) is 2. The Morgan fingerprint density at radius 3 is 2.46 bits per heavy atom. The molecule has 9 heteroatoms. The fourth-order valence-electron chi connectivity index (χ4n) is 2.91. The first kappa shape index (κ1) is 20.3. The van der Waals surface area contributed by atoms with Gasteiger partial charge in [0.1, 0.15) is 0 Å². The summed E-state index contributed by atoms with van der Waals surface area (Å²) >= 11 is 0. The number of hydrogen-bond acceptors (Lipinski definition) is 5. The van der Waals surface area contributed by atoms with Crippen LogP contribution < -0.4 is 5.32 Å². The number of nitrogens with one attached hydrogen (secondary N) is 1. The van der Waals surface area contributed by atoms with Crippen LogP contribution in [0.2, 0.25) is 0 Å². The van der Waals surface area contributed by atoms with Gasteiger partial charge in [0.25, 0.3) is 0 Å². The van der Waals surface area contributed by atoms with Crippen LogP contribution in [-0.4, -0.2) is 63.1 Å². The zero-order valence-corrected chi connectivity index (χ0v) is 15.4. The number of carboxylic acid groups (broad SMARTS) is 1. The van der Waals surface area contributed by atoms with Crippen LogP contribution in [0.3, 0.4) is 0 Å². The summed E-state index contributed by atoms with van der Waals surface area (Å²) in [5.41, 5.74) is 0. The summed E-state index contributed by atoms with van der Waals surface area (Å²) in [6.45, 7) is 0.621. The number of likely N-dealkylation sites (N-methyl/N-ethyl adjacent to an activating group) is 1. The van der Waals surface area contributed by atoms with Crippen molar-refractivity contribution in [2.24, 2.45) is 11.8 Å². The van der Waals surface area contributed by atoms with E-state index in [4.69, 9.17) is 4.74 Å². The molecule has 1 amide bonds. The van der Waals surface area contributed by atoms with Gasteiger partial charge in [-0.2, -0.15) is 4.31 Å². The van der Waals surface area contributed by atoms with E-state index in [9.17, 15) is 23.1 Å². The fraction of sp³-hybridized carbons (Fsp3) is 0.529. The number of sulfonamides is 1. The molecule has 1 aromatic carbocycles. The van der Waals surface area contributed by atoms with Gasteiger partial charge in [-0.15, -0.1) is 0 Å². The second-order valence-electron chi connectivity index (χ2n) is 6.27. The standard InChI is InChI=1S/C17H24N2O6S/c1-19(26(23,24)14-5-3-2-4-6-14)12-16(20)18-11-15(17(21)22)13-7-9-25-10-8-13/h2-6,13,15H,7-12H2,1H3,(H,18,20)(H,21,22). The highest BCUT2D eigenvalue weighted by Crippen LogP contribution is 2.23. The maximum absolute atomic E-state index is 12.4. The molecule has 1 aromatic rings. The number of ether oxygens (including phenoxy) is 1. The van der Waals surface area contributed by atoms with Gasteiger partial charge in [0.2, 0.25) is 15.9 Å². The van der Waals surface area contributed by atoms with Gasteiger partial charge in [-0.3, -0.25) is 9.59 Å². The van der Waals surface area contributed by atoms with E-state index in [0.717, 1.165) is 4.31 Å². The number of nitrogens with zero attached hydrogens (tertiary/aromatic N) is 1. The van der Waals surface area contributed by atoms with Crippen LogP contribution in [0.25, 0.3) is 0 Å². The van der Waals surface area contributed by atoms with Gasteiger partial charge in [0.15, 0.2) is 0 Å². The summed E-state index contributed by atoms with van der Waals surface area (Å²) in [6, 6.07) is 7.82. The van der Waals surface area contributed by atoms with Crippen LogP contribution in [0.15, 0.2) is 35.2 Å². The molecule has 1 aliphatic rings. The van der Waals surface area contributed by atoms with E-state index in [1.54, 1.807) is 18.2 Å². The highest BCUT2D eigenvalue weighted by molar-refractivity contribution is 7.89. The van der Waals surface area contributed by atoms with E-state index in [1.165, 1.54) is 19.2 Å². The Labute approximate surface area is 153 Å². The third kappa shape index (κ3) is 5.26. The second kappa shape index (κ2) is 9.11. The van der Waals surface area contributed by atoms with Crippen molar-refractivity contribution < 1.29 is 27.9 Å². The van der Waals surface area contributed by atoms with E-state index >= 15 is 0 Å². The Hall–Kier alpha value is -1.97. The van der Waals surface area contributed by atoms with Gasteiger partial charge < -0.3 is 15.2 Å². The molecule has 0 aromatic heterocycles. The van der Waals surface area contributed by atoms with E-state index < -0.39 is 27.8 Å². The van der Waals surface area contributed by atoms with Crippen molar-refractivity contribution in [1.29, 1.82) is 0 Å². The number of carbonyl (C=O) groups excluding carboxylic acids is 1. The molecule has 0 radical (unpaired) electrons. The van der Waals surface area contributed by atoms with E-state index in [-0.39, 0.29) is 23.9 Å². The third-order valence-corrected chi connectivity index (χ3v) is 6.31. The predicted molar refractivity (Wildman–Crippen MR) is 93.9 cm³/mol. The quantitative estimate of drug-likeness (QED) is 0.677. The van der Waals surface area contributed by atoms with Gasteiger partial charge in [-0.25, -0.2) is 8.42 Å². The number of benzene rings is 1. The molecule has 2 N–H and O–H groups in total. The first-order valence-electron chi connectivity index (χ1n) is 8.41. The normalized spacial score (nSPS) is 17.0. The molecule has 2 rings (SSSR count). The maximum Gasteiger partial charge on any atom is 0.308 e. The smallest absolute Gasteiger partial charge is 0.308 e. The molecule has 1 saturated heterocycles. The number of carbonyl (C=O) groups is 2. The number of amides is 1. The molecule has 0 spiro atoms. The van der Waals surface area contributed by atoms with Gasteiger partial charge in [-0.05, 0) is 30.9 Å². The minimum absolute atomic E-state index is 0.0297. The summed E-state index contributed by atoms with van der Waals surface area (Å²) in [7, 11) is -2.46. The third-order valence-electron chi connectivity index (χ3n) is 4.49. The molecule has 0 saturated carbocycles. The molecule has 0 aliphatic carbocycles. The van der Waals surface area contributed by atoms with Crippen LogP contribution in [0.4, 0.5) is 0 Å². The molecule has 26 heavy (non-hydrogen) atoms. The molecule has 1 heterocycles. The van der Waals surface area contributed by atoms with E-state index in [1.807, 2.05) is 0 Å². The zero-order valence-electron chi connectivity index (χ0n) is 14.6. The number of carboxylic acids is 1. The van der Waals surface area contributed by atoms with Crippen LogP contribution in [-0.2, 0) is 24.3 Å². The first-order valence-corrected chi connectivity index (χ1v) is 9.85. The van der Waals surface area contributed by atoms with Crippen molar-refractivity contribution in [2.45, 2.75) is 17.7 Å². The van der Waals surface area contributed by atoms with Crippen molar-refractivity contribution >= 4 is 21.9 Å². The second-order valence-corrected chi connectivity index (χ2v) is 8.32. The van der Waals surface area contributed by atoms with Crippen LogP contribution in [0.1, 0.15) is 12.8 Å². The minimum atomic E-state index is -3.77. The molecule has 1 atom stereocenters. The summed E-state index contributed by atoms with van der Waals surface area (Å²) < 4.78 is 31.0. The van der Waals surface area contributed by atoms with Crippen molar-refractivity contribution in [3.05, 3.63) is 30.3 Å². The Morgan fingerprint density at radius 2 is 1.88 bits per heavy atom. The van der Waals surface area contributed by atoms with Crippen molar-refractivity contribution in [1.82, 2.24) is 9.62 Å². The van der Waals surface area contributed by atoms with Gasteiger partial charge >= 0.3 is 5.97 Å². The molecule has 144 valence electrons. The van der Waals surface area contributed by atoms with Crippen LogP contribution in [0.5, 0.6) is 0 Å². The monoisotopic (exact) mass is 384 g/mol. The summed E-state index contributed by atoms with van der Waals surface area (Å²) in [4.78, 5) is 23.7. The fourth-order valence-corrected chi connectivity index (χ4v) is 4.06. The van der Waals surface area contributed by atoms with Crippen LogP contribution in [0, 0.1) is 11.8 Å². The highest BCUT2D eigenvalue weighted by Gasteiger charge is 2.30. The van der Waals surface area contributed by atoms with Crippen molar-refractivity contribution in [2.75, 3.05) is 33.4 Å². The molecule has 1 aliphatic heterocycles. The molecule has 8 nitrogen and oxygen atoms in total. The van der Waals surface area contributed by atoms with Crippen molar-refractivity contribution in [3.63, 3.8) is 0 Å². The Bertz CT molecular complexity index is 716. The van der Waals surface area contributed by atoms with Gasteiger partial charge in [0.05, 0.1) is 17.4 Å². The molecular weight excluding hydrogens is 360 g/mol. The Kier molecular flexibility index (Phi) is 7.13. The average molecular weight is 384 g/mol. The predicted octanol–water partition coefficient (Wildman–Crippen LogP) is 0.551. The lowest BCUT2D eigenvalue weighted by atomic mass is 9.86. The van der Waals surface area contributed by atoms with Gasteiger partial charge in [0, 0.05) is 26.8 Å². The number of rotatable bonds is 8. The van der Waals surface area contributed by atoms with E-state index in [0.29, 0.717) is 26.1 Å². The summed E-state index contributed by atoms with van der Waals surface area (Å²) in [6.07, 6.45) is 1.27. The van der Waals surface area contributed by atoms with Crippen molar-refractivity contribution in [3.8, 4) is 0 Å².